The third-order valence-electron chi connectivity index (χ3n) is 3.43. The molecule has 7 nitrogen and oxygen atoms in total. The van der Waals surface area contributed by atoms with Gasteiger partial charge < -0.3 is 15.7 Å². The van der Waals surface area contributed by atoms with E-state index in [0.717, 1.165) is 12.8 Å². The minimum atomic E-state index is -0.603. The number of rotatable bonds is 3. The molecule has 0 heterocycles. The average Bonchev–Trinajstić information content (AvgIpc) is 2.43. The molecule has 0 aliphatic heterocycles. The van der Waals surface area contributed by atoms with Gasteiger partial charge in [-0.05, 0) is 37.8 Å². The Hall–Kier alpha value is -1.86. The van der Waals surface area contributed by atoms with Crippen molar-refractivity contribution in [1.29, 1.82) is 0 Å². The predicted octanol–water partition coefficient (Wildman–Crippen LogP) is 2.67. The Balaban J connectivity index is 1.93. The molecule has 1 aliphatic carbocycles. The second-order valence-electron chi connectivity index (χ2n) is 5.03. The molecule has 1 saturated carbocycles. The maximum Gasteiger partial charge on any atom is 0.319 e. The van der Waals surface area contributed by atoms with Crippen LogP contribution in [0, 0.1) is 10.1 Å². The lowest BCUT2D eigenvalue weighted by atomic mass is 9.93. The Kier molecular flexibility index (Phi) is 4.98. The van der Waals surface area contributed by atoms with Crippen LogP contribution in [0.15, 0.2) is 18.2 Å². The summed E-state index contributed by atoms with van der Waals surface area (Å²) in [5.41, 5.74) is 0.0506. The fraction of sp³-hybridized carbons (Fsp3) is 0.462. The van der Waals surface area contributed by atoms with Gasteiger partial charge in [0.05, 0.1) is 11.0 Å². The lowest BCUT2D eigenvalue weighted by Crippen LogP contribution is -2.40. The van der Waals surface area contributed by atoms with Crippen LogP contribution in [0.25, 0.3) is 0 Å². The van der Waals surface area contributed by atoms with Gasteiger partial charge in [-0.2, -0.15) is 0 Å². The number of carbonyl (C=O) groups excluding carboxylic acids is 1. The third kappa shape index (κ3) is 4.30. The fourth-order valence-corrected chi connectivity index (χ4v) is 2.49. The number of aliphatic hydroxyl groups excluding tert-OH is 1. The van der Waals surface area contributed by atoms with Crippen molar-refractivity contribution in [2.24, 2.45) is 0 Å². The number of hydrogen-bond acceptors (Lipinski definition) is 4. The second-order valence-corrected chi connectivity index (χ2v) is 5.43. The van der Waals surface area contributed by atoms with Gasteiger partial charge >= 0.3 is 6.03 Å². The molecule has 3 N–H and O–H groups in total. The van der Waals surface area contributed by atoms with Crippen molar-refractivity contribution in [2.75, 3.05) is 5.32 Å². The highest BCUT2D eigenvalue weighted by atomic mass is 35.5. The molecule has 1 aromatic carbocycles. The van der Waals surface area contributed by atoms with Crippen LogP contribution in [0.3, 0.4) is 0 Å². The summed E-state index contributed by atoms with van der Waals surface area (Å²) in [5, 5.41) is 25.5. The number of urea groups is 1. The molecule has 0 saturated heterocycles. The number of anilines is 1. The fourth-order valence-electron chi connectivity index (χ4n) is 2.30. The first-order valence-corrected chi connectivity index (χ1v) is 7.03. The number of amides is 2. The third-order valence-corrected chi connectivity index (χ3v) is 3.75. The highest BCUT2D eigenvalue weighted by Crippen LogP contribution is 2.27. The largest absolute Gasteiger partial charge is 0.393 e. The molecule has 0 unspecified atom stereocenters. The zero-order valence-corrected chi connectivity index (χ0v) is 12.0. The maximum absolute atomic E-state index is 11.8. The summed E-state index contributed by atoms with van der Waals surface area (Å²) in [7, 11) is 0. The van der Waals surface area contributed by atoms with Gasteiger partial charge in [-0.25, -0.2) is 4.79 Å². The van der Waals surface area contributed by atoms with Crippen molar-refractivity contribution in [3.63, 3.8) is 0 Å². The van der Waals surface area contributed by atoms with Gasteiger partial charge in [-0.1, -0.05) is 11.6 Å². The molecule has 0 atom stereocenters. The van der Waals surface area contributed by atoms with Crippen LogP contribution >= 0.6 is 11.6 Å². The van der Waals surface area contributed by atoms with Gasteiger partial charge in [-0.3, -0.25) is 10.1 Å². The molecule has 8 heteroatoms. The summed E-state index contributed by atoms with van der Waals surface area (Å²) >= 11 is 5.70. The van der Waals surface area contributed by atoms with E-state index in [1.807, 2.05) is 0 Å². The molecule has 2 rings (SSSR count). The number of hydrogen-bond donors (Lipinski definition) is 3. The number of nitro groups is 1. The molecule has 1 fully saturated rings. The van der Waals surface area contributed by atoms with Crippen molar-refractivity contribution in [3.05, 3.63) is 33.3 Å². The van der Waals surface area contributed by atoms with Crippen molar-refractivity contribution in [2.45, 2.75) is 37.8 Å². The highest BCUT2D eigenvalue weighted by Gasteiger charge is 2.21. The zero-order chi connectivity index (χ0) is 15.4. The van der Waals surface area contributed by atoms with Crippen LogP contribution in [0.4, 0.5) is 16.2 Å². The molecule has 0 aromatic heterocycles. The van der Waals surface area contributed by atoms with Crippen LogP contribution in [-0.4, -0.2) is 28.2 Å². The molecular weight excluding hydrogens is 298 g/mol. The number of carbonyl (C=O) groups is 1. The van der Waals surface area contributed by atoms with E-state index in [1.54, 1.807) is 0 Å². The summed E-state index contributed by atoms with van der Waals surface area (Å²) in [6.07, 6.45) is 2.48. The topological polar surface area (TPSA) is 104 Å². The Bertz CT molecular complexity index is 544. The molecule has 21 heavy (non-hydrogen) atoms. The number of nitrogens with one attached hydrogen (secondary N) is 2. The molecule has 1 aliphatic rings. The van der Waals surface area contributed by atoms with Crippen molar-refractivity contribution >= 4 is 29.0 Å². The first-order chi connectivity index (χ1) is 9.95. The van der Waals surface area contributed by atoms with Crippen LogP contribution in [-0.2, 0) is 0 Å². The van der Waals surface area contributed by atoms with Gasteiger partial charge in [0.15, 0.2) is 0 Å². The molecule has 1 aromatic rings. The normalized spacial score (nSPS) is 21.6. The molecular formula is C13H16ClN3O4. The Morgan fingerprint density at radius 1 is 1.33 bits per heavy atom. The molecule has 0 bridgehead atoms. The van der Waals surface area contributed by atoms with E-state index in [9.17, 15) is 20.0 Å². The molecule has 0 spiro atoms. The number of nitrogens with zero attached hydrogens (tertiary/aromatic N) is 1. The number of aliphatic hydroxyl groups is 1. The minimum absolute atomic E-state index is 0.00989. The van der Waals surface area contributed by atoms with Crippen molar-refractivity contribution in [3.8, 4) is 0 Å². The second kappa shape index (κ2) is 6.73. The van der Waals surface area contributed by atoms with Crippen LogP contribution < -0.4 is 10.6 Å². The first-order valence-electron chi connectivity index (χ1n) is 6.65. The lowest BCUT2D eigenvalue weighted by molar-refractivity contribution is -0.384. The van der Waals surface area contributed by atoms with E-state index in [0.29, 0.717) is 18.5 Å². The Labute approximate surface area is 126 Å². The number of nitro benzene ring substituents is 1. The van der Waals surface area contributed by atoms with Gasteiger partial charge in [0.1, 0.15) is 5.02 Å². The molecule has 114 valence electrons. The van der Waals surface area contributed by atoms with Crippen molar-refractivity contribution in [1.82, 2.24) is 5.32 Å². The number of benzene rings is 1. The summed E-state index contributed by atoms with van der Waals surface area (Å²) in [5.74, 6) is 0. The van der Waals surface area contributed by atoms with Gasteiger partial charge in [0, 0.05) is 17.8 Å². The summed E-state index contributed by atoms with van der Waals surface area (Å²) in [6, 6.07) is 3.67. The predicted molar refractivity (Wildman–Crippen MR) is 78.5 cm³/mol. The SMILES string of the molecule is O=C(Nc1ccc(Cl)c([N+](=O)[O-])c1)NC1CCC(O)CC1. The van der Waals surface area contributed by atoms with Crippen LogP contribution in [0.2, 0.25) is 5.02 Å². The highest BCUT2D eigenvalue weighted by molar-refractivity contribution is 6.32. The van der Waals surface area contributed by atoms with E-state index in [2.05, 4.69) is 10.6 Å². The number of halogens is 1. The summed E-state index contributed by atoms with van der Waals surface area (Å²) in [4.78, 5) is 22.0. The van der Waals surface area contributed by atoms with Gasteiger partial charge in [-0.15, -0.1) is 0 Å². The van der Waals surface area contributed by atoms with Gasteiger partial charge in [0.2, 0.25) is 0 Å². The average molecular weight is 314 g/mol. The zero-order valence-electron chi connectivity index (χ0n) is 11.2. The monoisotopic (exact) mass is 313 g/mol. The quantitative estimate of drug-likeness (QED) is 0.589. The van der Waals surface area contributed by atoms with E-state index in [4.69, 9.17) is 11.6 Å². The first kappa shape index (κ1) is 15.5. The summed E-state index contributed by atoms with van der Waals surface area (Å²) < 4.78 is 0. The van der Waals surface area contributed by atoms with E-state index in [1.165, 1.54) is 18.2 Å². The molecule has 2 amide bonds. The van der Waals surface area contributed by atoms with E-state index < -0.39 is 11.0 Å². The standard InChI is InChI=1S/C13H16ClN3O4/c14-11-6-3-9(7-12(11)17(20)21)16-13(19)15-8-1-4-10(18)5-2-8/h3,6-8,10,18H,1-2,4-5H2,(H2,15,16,19). The maximum atomic E-state index is 11.8. The summed E-state index contributed by atoms with van der Waals surface area (Å²) in [6.45, 7) is 0. The van der Waals surface area contributed by atoms with E-state index >= 15 is 0 Å². The Morgan fingerprint density at radius 2 is 2.00 bits per heavy atom. The minimum Gasteiger partial charge on any atom is -0.393 e. The molecule has 0 radical (unpaired) electrons. The van der Waals surface area contributed by atoms with Crippen LogP contribution in [0.1, 0.15) is 25.7 Å². The van der Waals surface area contributed by atoms with Gasteiger partial charge in [0.25, 0.3) is 5.69 Å². The van der Waals surface area contributed by atoms with Crippen molar-refractivity contribution < 1.29 is 14.8 Å². The smallest absolute Gasteiger partial charge is 0.319 e. The lowest BCUT2D eigenvalue weighted by Gasteiger charge is -2.26. The Morgan fingerprint density at radius 3 is 2.62 bits per heavy atom. The van der Waals surface area contributed by atoms with E-state index in [-0.39, 0.29) is 22.9 Å². The van der Waals surface area contributed by atoms with Crippen LogP contribution in [0.5, 0.6) is 0 Å².